The third kappa shape index (κ3) is 6.06. The molecule has 5 rings (SSSR count). The zero-order valence-electron chi connectivity index (χ0n) is 20.4. The Morgan fingerprint density at radius 1 is 0.821 bits per heavy atom. The Hall–Kier alpha value is -4.33. The van der Waals surface area contributed by atoms with Crippen LogP contribution in [-0.4, -0.2) is 29.3 Å². The number of rotatable bonds is 7. The molecule has 0 fully saturated rings. The van der Waals surface area contributed by atoms with E-state index in [-0.39, 0.29) is 22.6 Å². The maximum Gasteiger partial charge on any atom is 0.339 e. The lowest BCUT2D eigenvalue weighted by Gasteiger charge is -2.12. The quantitative estimate of drug-likeness (QED) is 0.156. The van der Waals surface area contributed by atoms with Crippen LogP contribution in [0.1, 0.15) is 26.3 Å². The van der Waals surface area contributed by atoms with E-state index in [0.29, 0.717) is 27.2 Å². The van der Waals surface area contributed by atoms with Crippen LogP contribution in [0.25, 0.3) is 22.2 Å². The van der Waals surface area contributed by atoms with E-state index in [1.54, 1.807) is 60.7 Å². The Bertz CT molecular complexity index is 1710. The van der Waals surface area contributed by atoms with Crippen molar-refractivity contribution in [2.75, 3.05) is 11.9 Å². The van der Waals surface area contributed by atoms with Crippen LogP contribution in [0.2, 0.25) is 5.02 Å². The molecule has 0 bridgehead atoms. The first kappa shape index (κ1) is 26.3. The molecule has 192 valence electrons. The van der Waals surface area contributed by atoms with Crippen molar-refractivity contribution in [3.05, 3.63) is 129 Å². The van der Waals surface area contributed by atoms with Gasteiger partial charge in [0.2, 0.25) is 0 Å². The highest BCUT2D eigenvalue weighted by molar-refractivity contribution is 9.10. The summed E-state index contributed by atoms with van der Waals surface area (Å²) >= 11 is 9.55. The first-order valence-corrected chi connectivity index (χ1v) is 13.1. The number of para-hydroxylation sites is 1. The minimum absolute atomic E-state index is 0.229. The van der Waals surface area contributed by atoms with Gasteiger partial charge in [0.15, 0.2) is 12.4 Å². The van der Waals surface area contributed by atoms with Gasteiger partial charge in [-0.2, -0.15) is 0 Å². The molecule has 5 aromatic rings. The van der Waals surface area contributed by atoms with Crippen LogP contribution in [0.5, 0.6) is 0 Å². The third-order valence-electron chi connectivity index (χ3n) is 5.95. The number of amides is 1. The molecule has 8 heteroatoms. The second kappa shape index (κ2) is 11.6. The van der Waals surface area contributed by atoms with Crippen LogP contribution in [-0.2, 0) is 9.53 Å². The highest BCUT2D eigenvalue weighted by atomic mass is 79.9. The second-order valence-electron chi connectivity index (χ2n) is 8.59. The monoisotopic (exact) mass is 598 g/mol. The van der Waals surface area contributed by atoms with Crippen molar-refractivity contribution in [1.82, 2.24) is 4.98 Å². The SMILES string of the molecule is O=C(COC(=O)c1cc(-c2ccc(Br)cc2)nc2ccccc12)Nc1ccc(Cl)cc1C(=O)c1ccccc1. The van der Waals surface area contributed by atoms with E-state index in [0.717, 1.165) is 10.0 Å². The number of benzene rings is 4. The molecule has 0 aliphatic carbocycles. The molecule has 6 nitrogen and oxygen atoms in total. The lowest BCUT2D eigenvalue weighted by Crippen LogP contribution is -2.22. The van der Waals surface area contributed by atoms with E-state index in [1.165, 1.54) is 6.07 Å². The maximum atomic E-state index is 13.1. The molecule has 1 aromatic heterocycles. The first-order valence-electron chi connectivity index (χ1n) is 11.9. The fourth-order valence-electron chi connectivity index (χ4n) is 4.07. The Morgan fingerprint density at radius 2 is 1.54 bits per heavy atom. The molecular formula is C31H20BrClN2O4. The van der Waals surface area contributed by atoms with Crippen LogP contribution in [0.15, 0.2) is 108 Å². The zero-order valence-corrected chi connectivity index (χ0v) is 22.7. The number of aromatic nitrogens is 1. The van der Waals surface area contributed by atoms with Gasteiger partial charge in [-0.3, -0.25) is 9.59 Å². The van der Waals surface area contributed by atoms with Crippen LogP contribution < -0.4 is 5.32 Å². The molecule has 0 aliphatic rings. The van der Waals surface area contributed by atoms with Gasteiger partial charge in [-0.1, -0.05) is 88.2 Å². The summed E-state index contributed by atoms with van der Waals surface area (Å²) in [5, 5.41) is 3.62. The predicted molar refractivity (Wildman–Crippen MR) is 155 cm³/mol. The number of hydrogen-bond acceptors (Lipinski definition) is 5. The Balaban J connectivity index is 1.35. The second-order valence-corrected chi connectivity index (χ2v) is 9.94. The summed E-state index contributed by atoms with van der Waals surface area (Å²) in [4.78, 5) is 43.7. The molecule has 1 N–H and O–H groups in total. The largest absolute Gasteiger partial charge is 0.452 e. The number of ketones is 1. The van der Waals surface area contributed by atoms with Crippen LogP contribution in [0.3, 0.4) is 0 Å². The van der Waals surface area contributed by atoms with Crippen molar-refractivity contribution in [3.63, 3.8) is 0 Å². The van der Waals surface area contributed by atoms with Crippen molar-refractivity contribution in [2.45, 2.75) is 0 Å². The minimum atomic E-state index is -0.668. The fourth-order valence-corrected chi connectivity index (χ4v) is 4.50. The molecule has 0 atom stereocenters. The third-order valence-corrected chi connectivity index (χ3v) is 6.71. The lowest BCUT2D eigenvalue weighted by molar-refractivity contribution is -0.119. The molecule has 0 unspecified atom stereocenters. The fraction of sp³-hybridized carbons (Fsp3) is 0.0323. The van der Waals surface area contributed by atoms with Gasteiger partial charge in [0.05, 0.1) is 22.5 Å². The Kier molecular flexibility index (Phi) is 7.81. The number of pyridine rings is 1. The summed E-state index contributed by atoms with van der Waals surface area (Å²) in [6, 6.07) is 29.7. The van der Waals surface area contributed by atoms with E-state index in [2.05, 4.69) is 26.2 Å². The lowest BCUT2D eigenvalue weighted by atomic mass is 10.0. The van der Waals surface area contributed by atoms with Crippen LogP contribution >= 0.6 is 27.5 Å². The van der Waals surface area contributed by atoms with Crippen molar-refractivity contribution < 1.29 is 19.1 Å². The van der Waals surface area contributed by atoms with Crippen LogP contribution in [0, 0.1) is 0 Å². The molecule has 39 heavy (non-hydrogen) atoms. The first-order chi connectivity index (χ1) is 18.9. The van der Waals surface area contributed by atoms with Crippen molar-refractivity contribution >= 4 is 61.8 Å². The van der Waals surface area contributed by atoms with Gasteiger partial charge in [0.1, 0.15) is 0 Å². The number of anilines is 1. The molecule has 0 spiro atoms. The smallest absolute Gasteiger partial charge is 0.339 e. The van der Waals surface area contributed by atoms with Gasteiger partial charge in [-0.05, 0) is 42.5 Å². The Morgan fingerprint density at radius 3 is 2.31 bits per heavy atom. The number of hydrogen-bond donors (Lipinski definition) is 1. The normalized spacial score (nSPS) is 10.7. The van der Waals surface area contributed by atoms with Gasteiger partial charge in [0, 0.05) is 31.6 Å². The average Bonchev–Trinajstić information content (AvgIpc) is 2.96. The standard InChI is InChI=1S/C31H20BrClN2O4/c32-21-12-10-19(11-13-21)28-17-24(23-8-4-5-9-26(23)34-28)31(38)39-18-29(36)35-27-15-14-22(33)16-25(27)30(37)20-6-2-1-3-7-20/h1-17H,18H2,(H,35,36). The maximum absolute atomic E-state index is 13.1. The number of nitrogens with one attached hydrogen (secondary N) is 1. The van der Waals surface area contributed by atoms with Crippen LogP contribution in [0.4, 0.5) is 5.69 Å². The number of ether oxygens (including phenoxy) is 1. The number of carbonyl (C=O) groups is 3. The van der Waals surface area contributed by atoms with Gasteiger partial charge in [-0.15, -0.1) is 0 Å². The number of carbonyl (C=O) groups excluding carboxylic acids is 3. The summed E-state index contributed by atoms with van der Waals surface area (Å²) in [6.45, 7) is -0.551. The number of nitrogens with zero attached hydrogens (tertiary/aromatic N) is 1. The van der Waals surface area contributed by atoms with E-state index in [4.69, 9.17) is 16.3 Å². The van der Waals surface area contributed by atoms with Crippen molar-refractivity contribution in [1.29, 1.82) is 0 Å². The molecule has 0 saturated heterocycles. The minimum Gasteiger partial charge on any atom is -0.452 e. The van der Waals surface area contributed by atoms with E-state index >= 15 is 0 Å². The molecular weight excluding hydrogens is 580 g/mol. The molecule has 0 aliphatic heterocycles. The van der Waals surface area contributed by atoms with Crippen molar-refractivity contribution in [3.8, 4) is 11.3 Å². The molecule has 4 aromatic carbocycles. The zero-order chi connectivity index (χ0) is 27.4. The van der Waals surface area contributed by atoms with Gasteiger partial charge in [0.25, 0.3) is 5.91 Å². The topological polar surface area (TPSA) is 85.4 Å². The molecule has 1 amide bonds. The van der Waals surface area contributed by atoms with E-state index in [1.807, 2.05) is 36.4 Å². The number of halogens is 2. The highest BCUT2D eigenvalue weighted by Crippen LogP contribution is 2.27. The van der Waals surface area contributed by atoms with Gasteiger partial charge >= 0.3 is 5.97 Å². The van der Waals surface area contributed by atoms with E-state index in [9.17, 15) is 14.4 Å². The summed E-state index contributed by atoms with van der Waals surface area (Å²) in [5.41, 5.74) is 3.29. The van der Waals surface area contributed by atoms with Crippen molar-refractivity contribution in [2.24, 2.45) is 0 Å². The summed E-state index contributed by atoms with van der Waals surface area (Å²) in [6.07, 6.45) is 0. The molecule has 0 saturated carbocycles. The summed E-state index contributed by atoms with van der Waals surface area (Å²) in [5.74, 6) is -1.56. The average molecular weight is 600 g/mol. The van der Waals surface area contributed by atoms with Gasteiger partial charge < -0.3 is 10.1 Å². The predicted octanol–water partition coefficient (Wildman–Crippen LogP) is 7.34. The summed E-state index contributed by atoms with van der Waals surface area (Å²) < 4.78 is 6.31. The molecule has 1 heterocycles. The molecule has 0 radical (unpaired) electrons. The number of esters is 1. The number of fused-ring (bicyclic) bond motifs is 1. The van der Waals surface area contributed by atoms with E-state index < -0.39 is 18.5 Å². The van der Waals surface area contributed by atoms with Gasteiger partial charge in [-0.25, -0.2) is 9.78 Å². The highest BCUT2D eigenvalue weighted by Gasteiger charge is 2.19. The summed E-state index contributed by atoms with van der Waals surface area (Å²) in [7, 11) is 0. The Labute approximate surface area is 237 Å².